The lowest BCUT2D eigenvalue weighted by Crippen LogP contribution is -2.19. The molecule has 0 spiro atoms. The minimum absolute atomic E-state index is 0.369. The third-order valence-corrected chi connectivity index (χ3v) is 1.67. The number of allylic oxidation sites excluding steroid dienone is 1. The van der Waals surface area contributed by atoms with Gasteiger partial charge in [-0.1, -0.05) is 24.3 Å². The molecule has 0 saturated heterocycles. The van der Waals surface area contributed by atoms with E-state index in [9.17, 15) is 4.79 Å². The highest BCUT2D eigenvalue weighted by atomic mass is 16.2. The predicted octanol–water partition coefficient (Wildman–Crippen LogP) is 2.10. The van der Waals surface area contributed by atoms with Crippen LogP contribution in [0.2, 0.25) is 0 Å². The second kappa shape index (κ2) is 5.45. The molecule has 0 unspecified atom stereocenters. The summed E-state index contributed by atoms with van der Waals surface area (Å²) in [5, 5.41) is 10.8. The molecular weight excluding hydrogens is 190 g/mol. The third kappa shape index (κ3) is 3.96. The zero-order valence-corrected chi connectivity index (χ0v) is 8.10. The average molecular weight is 201 g/mol. The van der Waals surface area contributed by atoms with Gasteiger partial charge >= 0.3 is 6.03 Å². The molecule has 0 bridgehead atoms. The molecule has 0 atom stereocenters. The van der Waals surface area contributed by atoms with Gasteiger partial charge in [0.2, 0.25) is 0 Å². The number of nitrogens with one attached hydrogen (secondary N) is 1. The number of amides is 2. The Morgan fingerprint density at radius 3 is 3.07 bits per heavy atom. The van der Waals surface area contributed by atoms with E-state index < -0.39 is 6.03 Å². The Balaban J connectivity index is 2.74. The number of rotatable bonds is 3. The summed E-state index contributed by atoms with van der Waals surface area (Å²) < 4.78 is 0. The van der Waals surface area contributed by atoms with Crippen molar-refractivity contribution < 1.29 is 4.79 Å². The first-order chi connectivity index (χ1) is 7.22. The summed E-state index contributed by atoms with van der Waals surface area (Å²) in [7, 11) is 0. The van der Waals surface area contributed by atoms with Gasteiger partial charge in [-0.05, 0) is 17.7 Å². The minimum Gasteiger partial charge on any atom is -0.351 e. The van der Waals surface area contributed by atoms with Crippen molar-refractivity contribution in [2.24, 2.45) is 5.73 Å². The lowest BCUT2D eigenvalue weighted by Gasteiger charge is -2.01. The summed E-state index contributed by atoms with van der Waals surface area (Å²) in [6.45, 7) is 0. The number of carbonyl (C=O) groups excluding carboxylic acids is 1. The summed E-state index contributed by atoms with van der Waals surface area (Å²) >= 11 is 0. The Kier molecular flexibility index (Phi) is 3.92. The number of hydrogen-bond donors (Lipinski definition) is 2. The van der Waals surface area contributed by atoms with Crippen LogP contribution in [-0.2, 0) is 0 Å². The van der Waals surface area contributed by atoms with Crippen molar-refractivity contribution in [2.75, 3.05) is 5.32 Å². The van der Waals surface area contributed by atoms with Gasteiger partial charge in [-0.25, -0.2) is 4.79 Å². The van der Waals surface area contributed by atoms with Crippen molar-refractivity contribution in [1.82, 2.24) is 0 Å². The molecule has 1 aromatic rings. The minimum atomic E-state index is -0.590. The van der Waals surface area contributed by atoms with Crippen LogP contribution in [0, 0.1) is 11.3 Å². The molecule has 0 aliphatic rings. The highest BCUT2D eigenvalue weighted by Gasteiger charge is 1.95. The number of primary amides is 1. The first kappa shape index (κ1) is 10.8. The van der Waals surface area contributed by atoms with Gasteiger partial charge in [0.25, 0.3) is 0 Å². The van der Waals surface area contributed by atoms with Gasteiger partial charge in [0, 0.05) is 5.69 Å². The molecule has 0 aliphatic carbocycles. The van der Waals surface area contributed by atoms with Gasteiger partial charge in [0.15, 0.2) is 0 Å². The molecule has 0 saturated carbocycles. The van der Waals surface area contributed by atoms with E-state index >= 15 is 0 Å². The van der Waals surface area contributed by atoms with Crippen LogP contribution >= 0.6 is 0 Å². The van der Waals surface area contributed by atoms with E-state index in [-0.39, 0.29) is 0 Å². The second-order valence-corrected chi connectivity index (χ2v) is 2.88. The summed E-state index contributed by atoms with van der Waals surface area (Å²) in [4.78, 5) is 10.6. The normalized spacial score (nSPS) is 9.80. The van der Waals surface area contributed by atoms with Crippen LogP contribution in [0.4, 0.5) is 10.5 Å². The number of carbonyl (C=O) groups is 1. The fourth-order valence-electron chi connectivity index (χ4n) is 1.11. The molecule has 4 heteroatoms. The third-order valence-electron chi connectivity index (χ3n) is 1.67. The Morgan fingerprint density at radius 2 is 2.40 bits per heavy atom. The van der Waals surface area contributed by atoms with E-state index in [4.69, 9.17) is 11.0 Å². The zero-order chi connectivity index (χ0) is 11.1. The van der Waals surface area contributed by atoms with Crippen LogP contribution in [0.5, 0.6) is 0 Å². The quantitative estimate of drug-likeness (QED) is 0.785. The Bertz CT molecular complexity index is 418. The molecule has 3 N–H and O–H groups in total. The molecule has 15 heavy (non-hydrogen) atoms. The van der Waals surface area contributed by atoms with E-state index in [0.29, 0.717) is 12.1 Å². The van der Waals surface area contributed by atoms with Gasteiger partial charge < -0.3 is 11.1 Å². The number of anilines is 1. The highest BCUT2D eigenvalue weighted by Crippen LogP contribution is 2.11. The van der Waals surface area contributed by atoms with Gasteiger partial charge in [-0.15, -0.1) is 0 Å². The van der Waals surface area contributed by atoms with E-state index in [1.165, 1.54) is 0 Å². The molecule has 76 valence electrons. The molecule has 0 heterocycles. The molecule has 1 rings (SSSR count). The second-order valence-electron chi connectivity index (χ2n) is 2.88. The number of nitrogens with zero attached hydrogens (tertiary/aromatic N) is 1. The molecule has 0 aliphatic heterocycles. The lowest BCUT2D eigenvalue weighted by molar-refractivity contribution is 0.259. The maximum atomic E-state index is 10.6. The molecule has 0 fully saturated rings. The lowest BCUT2D eigenvalue weighted by atomic mass is 10.2. The first-order valence-corrected chi connectivity index (χ1v) is 4.42. The molecule has 0 radical (unpaired) electrons. The average Bonchev–Trinajstić information content (AvgIpc) is 2.18. The Hall–Kier alpha value is -2.28. The van der Waals surface area contributed by atoms with Crippen LogP contribution < -0.4 is 11.1 Å². The number of nitrogens with two attached hydrogens (primary N) is 1. The van der Waals surface area contributed by atoms with Gasteiger partial charge in [-0.2, -0.15) is 5.26 Å². The summed E-state index contributed by atoms with van der Waals surface area (Å²) in [5.74, 6) is 0. The number of urea groups is 1. The van der Waals surface area contributed by atoms with Gasteiger partial charge in [0.1, 0.15) is 0 Å². The van der Waals surface area contributed by atoms with E-state index in [1.54, 1.807) is 24.3 Å². The summed E-state index contributed by atoms with van der Waals surface area (Å²) in [5.41, 5.74) is 6.54. The van der Waals surface area contributed by atoms with E-state index in [0.717, 1.165) is 5.56 Å². The van der Waals surface area contributed by atoms with Crippen LogP contribution in [0.15, 0.2) is 30.3 Å². The smallest absolute Gasteiger partial charge is 0.316 e. The van der Waals surface area contributed by atoms with Gasteiger partial charge in [-0.3, -0.25) is 0 Å². The van der Waals surface area contributed by atoms with Crippen LogP contribution in [0.1, 0.15) is 12.0 Å². The van der Waals surface area contributed by atoms with Crippen LogP contribution in [-0.4, -0.2) is 6.03 Å². The Morgan fingerprint density at radius 1 is 1.60 bits per heavy atom. The molecule has 2 amide bonds. The Labute approximate surface area is 88.0 Å². The maximum Gasteiger partial charge on any atom is 0.316 e. The SMILES string of the molecule is N#CCC=Cc1cccc(NC(N)=O)c1. The molecule has 4 nitrogen and oxygen atoms in total. The first-order valence-electron chi connectivity index (χ1n) is 4.42. The fraction of sp³-hybridized carbons (Fsp3) is 0.0909. The van der Waals surface area contributed by atoms with Crippen LogP contribution in [0.25, 0.3) is 6.08 Å². The van der Waals surface area contributed by atoms with Crippen molar-refractivity contribution in [1.29, 1.82) is 5.26 Å². The zero-order valence-electron chi connectivity index (χ0n) is 8.10. The van der Waals surface area contributed by atoms with Crippen molar-refractivity contribution in [3.63, 3.8) is 0 Å². The van der Waals surface area contributed by atoms with E-state index in [2.05, 4.69) is 5.32 Å². The van der Waals surface area contributed by atoms with Crippen molar-refractivity contribution >= 4 is 17.8 Å². The summed E-state index contributed by atoms with van der Waals surface area (Å²) in [6.07, 6.45) is 3.94. The largest absolute Gasteiger partial charge is 0.351 e. The number of hydrogen-bond acceptors (Lipinski definition) is 2. The van der Waals surface area contributed by atoms with Crippen molar-refractivity contribution in [3.8, 4) is 6.07 Å². The number of benzene rings is 1. The molecule has 0 aromatic heterocycles. The maximum absolute atomic E-state index is 10.6. The van der Waals surface area contributed by atoms with Crippen LogP contribution in [0.3, 0.4) is 0 Å². The molecular formula is C11H11N3O. The standard InChI is InChI=1S/C11H11N3O/c12-7-2-1-4-9-5-3-6-10(8-9)14-11(13)15/h1,3-6,8H,2H2,(H3,13,14,15). The fourth-order valence-corrected chi connectivity index (χ4v) is 1.11. The molecule has 1 aromatic carbocycles. The number of nitriles is 1. The van der Waals surface area contributed by atoms with E-state index in [1.807, 2.05) is 18.2 Å². The van der Waals surface area contributed by atoms with Crippen molar-refractivity contribution in [3.05, 3.63) is 35.9 Å². The highest BCUT2D eigenvalue weighted by molar-refractivity contribution is 5.88. The summed E-state index contributed by atoms with van der Waals surface area (Å²) in [6, 6.07) is 8.62. The van der Waals surface area contributed by atoms with Gasteiger partial charge in [0.05, 0.1) is 12.5 Å². The topological polar surface area (TPSA) is 78.9 Å². The monoisotopic (exact) mass is 201 g/mol. The predicted molar refractivity (Wildman–Crippen MR) is 58.9 cm³/mol. The van der Waals surface area contributed by atoms with Crippen molar-refractivity contribution in [2.45, 2.75) is 6.42 Å².